The fourth-order valence-corrected chi connectivity index (χ4v) is 1.67. The predicted octanol–water partition coefficient (Wildman–Crippen LogP) is 1.94. The fraction of sp³-hybridized carbons (Fsp3) is 0.182. The number of benzene rings is 1. The number of methoxy groups -OCH3 is 1. The molecule has 15 heavy (non-hydrogen) atoms. The maximum Gasteiger partial charge on any atom is 0.337 e. The molecule has 0 amide bonds. The van der Waals surface area contributed by atoms with Gasteiger partial charge in [0.25, 0.3) is 0 Å². The van der Waals surface area contributed by atoms with Gasteiger partial charge < -0.3 is 14.8 Å². The summed E-state index contributed by atoms with van der Waals surface area (Å²) < 4.78 is 4.94. The second-order valence-electron chi connectivity index (χ2n) is 3.24. The van der Waals surface area contributed by atoms with E-state index in [4.69, 9.17) is 9.84 Å². The lowest BCUT2D eigenvalue weighted by atomic mass is 10.1. The van der Waals surface area contributed by atoms with Crippen LogP contribution in [0.25, 0.3) is 10.9 Å². The molecule has 2 aromatic rings. The molecule has 78 valence electrons. The summed E-state index contributed by atoms with van der Waals surface area (Å²) in [6, 6.07) is 7.53. The zero-order valence-electron chi connectivity index (χ0n) is 8.23. The lowest BCUT2D eigenvalue weighted by molar-refractivity contribution is -0.148. The minimum absolute atomic E-state index is 0.653. The van der Waals surface area contributed by atoms with Crippen LogP contribution >= 0.6 is 0 Å². The normalized spacial score (nSPS) is 12.9. The van der Waals surface area contributed by atoms with Crippen LogP contribution in [0.1, 0.15) is 11.7 Å². The van der Waals surface area contributed by atoms with Crippen LogP contribution in [0.2, 0.25) is 0 Å². The largest absolute Gasteiger partial charge is 0.479 e. The van der Waals surface area contributed by atoms with E-state index in [1.165, 1.54) is 7.11 Å². The summed E-state index contributed by atoms with van der Waals surface area (Å²) in [4.78, 5) is 13.9. The molecule has 2 N–H and O–H groups in total. The van der Waals surface area contributed by atoms with E-state index in [2.05, 4.69) is 4.98 Å². The van der Waals surface area contributed by atoms with Crippen molar-refractivity contribution in [1.29, 1.82) is 0 Å². The van der Waals surface area contributed by atoms with Gasteiger partial charge in [-0.3, -0.25) is 0 Å². The number of ether oxygens (including phenoxy) is 1. The van der Waals surface area contributed by atoms with E-state index in [0.717, 1.165) is 10.9 Å². The maximum absolute atomic E-state index is 10.9. The highest BCUT2D eigenvalue weighted by molar-refractivity contribution is 5.88. The van der Waals surface area contributed by atoms with Gasteiger partial charge in [-0.15, -0.1) is 0 Å². The van der Waals surface area contributed by atoms with Crippen LogP contribution in [0.5, 0.6) is 0 Å². The first kappa shape index (κ1) is 9.73. The number of nitrogens with one attached hydrogen (secondary N) is 1. The summed E-state index contributed by atoms with van der Waals surface area (Å²) in [6.45, 7) is 0. The minimum atomic E-state index is -0.984. The Labute approximate surface area is 86.5 Å². The predicted molar refractivity (Wildman–Crippen MR) is 55.7 cm³/mol. The highest BCUT2D eigenvalue weighted by atomic mass is 16.5. The summed E-state index contributed by atoms with van der Waals surface area (Å²) in [5.74, 6) is -0.984. The third-order valence-corrected chi connectivity index (χ3v) is 2.36. The Balaban J connectivity index is 2.55. The first-order valence-corrected chi connectivity index (χ1v) is 4.55. The molecule has 0 radical (unpaired) electrons. The highest BCUT2D eigenvalue weighted by Gasteiger charge is 2.21. The van der Waals surface area contributed by atoms with Gasteiger partial charge in [-0.25, -0.2) is 4.79 Å². The van der Waals surface area contributed by atoms with Crippen LogP contribution in [-0.2, 0) is 9.53 Å². The summed E-state index contributed by atoms with van der Waals surface area (Å²) in [6.07, 6.45) is 0.758. The second-order valence-corrected chi connectivity index (χ2v) is 3.24. The maximum atomic E-state index is 10.9. The van der Waals surface area contributed by atoms with Gasteiger partial charge in [-0.2, -0.15) is 0 Å². The third kappa shape index (κ3) is 1.59. The van der Waals surface area contributed by atoms with E-state index < -0.39 is 12.1 Å². The SMILES string of the molecule is COC(C(=O)O)c1c[nH]c2ccccc12. The summed E-state index contributed by atoms with van der Waals surface area (Å²) >= 11 is 0. The minimum Gasteiger partial charge on any atom is -0.479 e. The quantitative estimate of drug-likeness (QED) is 0.804. The summed E-state index contributed by atoms with van der Waals surface area (Å²) in [5, 5.41) is 9.85. The van der Waals surface area contributed by atoms with Gasteiger partial charge >= 0.3 is 5.97 Å². The zero-order valence-corrected chi connectivity index (χ0v) is 8.23. The van der Waals surface area contributed by atoms with Gasteiger partial charge in [0.05, 0.1) is 0 Å². The molecule has 2 rings (SSSR count). The van der Waals surface area contributed by atoms with E-state index in [1.54, 1.807) is 6.20 Å². The average molecular weight is 205 g/mol. The van der Waals surface area contributed by atoms with Gasteiger partial charge in [-0.1, -0.05) is 18.2 Å². The van der Waals surface area contributed by atoms with Crippen molar-refractivity contribution in [3.63, 3.8) is 0 Å². The molecule has 1 unspecified atom stereocenters. The van der Waals surface area contributed by atoms with Crippen LogP contribution in [0.15, 0.2) is 30.5 Å². The molecule has 1 aromatic heterocycles. The number of fused-ring (bicyclic) bond motifs is 1. The van der Waals surface area contributed by atoms with Gasteiger partial charge in [-0.05, 0) is 6.07 Å². The van der Waals surface area contributed by atoms with Crippen molar-refractivity contribution in [2.75, 3.05) is 7.11 Å². The van der Waals surface area contributed by atoms with E-state index in [1.807, 2.05) is 24.3 Å². The van der Waals surface area contributed by atoms with Crippen LogP contribution in [-0.4, -0.2) is 23.2 Å². The van der Waals surface area contributed by atoms with Gasteiger partial charge in [0, 0.05) is 29.8 Å². The van der Waals surface area contributed by atoms with Crippen LogP contribution in [0, 0.1) is 0 Å². The van der Waals surface area contributed by atoms with Crippen molar-refractivity contribution in [3.05, 3.63) is 36.0 Å². The first-order valence-electron chi connectivity index (χ1n) is 4.55. The van der Waals surface area contributed by atoms with E-state index in [-0.39, 0.29) is 0 Å². The molecule has 1 heterocycles. The number of carbonyl (C=O) groups is 1. The Morgan fingerprint density at radius 3 is 2.87 bits per heavy atom. The van der Waals surface area contributed by atoms with Crippen molar-refractivity contribution in [2.24, 2.45) is 0 Å². The molecule has 0 aliphatic carbocycles. The highest BCUT2D eigenvalue weighted by Crippen LogP contribution is 2.25. The molecule has 0 saturated heterocycles. The second kappa shape index (κ2) is 3.74. The molecule has 0 bridgehead atoms. The lowest BCUT2D eigenvalue weighted by Gasteiger charge is -2.08. The zero-order chi connectivity index (χ0) is 10.8. The molecular formula is C11H11NO3. The van der Waals surface area contributed by atoms with Crippen molar-refractivity contribution in [3.8, 4) is 0 Å². The van der Waals surface area contributed by atoms with Crippen molar-refractivity contribution in [2.45, 2.75) is 6.10 Å². The first-order chi connectivity index (χ1) is 7.24. The lowest BCUT2D eigenvalue weighted by Crippen LogP contribution is -2.12. The fourth-order valence-electron chi connectivity index (χ4n) is 1.67. The molecule has 0 aliphatic rings. The number of aliphatic carboxylic acids is 1. The van der Waals surface area contributed by atoms with Crippen LogP contribution in [0.4, 0.5) is 0 Å². The molecule has 0 aliphatic heterocycles. The average Bonchev–Trinajstić information content (AvgIpc) is 2.63. The van der Waals surface area contributed by atoms with Gasteiger partial charge in [0.2, 0.25) is 0 Å². The Morgan fingerprint density at radius 1 is 1.47 bits per heavy atom. The molecule has 0 saturated carbocycles. The number of para-hydroxylation sites is 1. The van der Waals surface area contributed by atoms with Crippen LogP contribution < -0.4 is 0 Å². The molecule has 1 aromatic carbocycles. The number of carboxylic acid groups (broad SMARTS) is 1. The Bertz CT molecular complexity index is 489. The number of H-pyrrole nitrogens is 1. The Kier molecular flexibility index (Phi) is 2.43. The van der Waals surface area contributed by atoms with Crippen molar-refractivity contribution >= 4 is 16.9 Å². The van der Waals surface area contributed by atoms with E-state index in [0.29, 0.717) is 5.56 Å². The topological polar surface area (TPSA) is 62.3 Å². The molecule has 4 heteroatoms. The van der Waals surface area contributed by atoms with Crippen LogP contribution in [0.3, 0.4) is 0 Å². The number of hydrogen-bond acceptors (Lipinski definition) is 2. The number of carboxylic acids is 1. The Hall–Kier alpha value is -1.81. The number of aromatic amines is 1. The summed E-state index contributed by atoms with van der Waals surface area (Å²) in [7, 11) is 1.39. The molecule has 4 nitrogen and oxygen atoms in total. The van der Waals surface area contributed by atoms with E-state index in [9.17, 15) is 4.79 Å². The third-order valence-electron chi connectivity index (χ3n) is 2.36. The standard InChI is InChI=1S/C11H11NO3/c1-15-10(11(13)14)8-6-12-9-5-3-2-4-7(8)9/h2-6,10,12H,1H3,(H,13,14). The van der Waals surface area contributed by atoms with Crippen molar-refractivity contribution in [1.82, 2.24) is 4.98 Å². The van der Waals surface area contributed by atoms with Gasteiger partial charge in [0.1, 0.15) is 0 Å². The summed E-state index contributed by atoms with van der Waals surface area (Å²) in [5.41, 5.74) is 1.57. The molecule has 1 atom stereocenters. The molecular weight excluding hydrogens is 194 g/mol. The monoisotopic (exact) mass is 205 g/mol. The van der Waals surface area contributed by atoms with Crippen molar-refractivity contribution < 1.29 is 14.6 Å². The number of aromatic nitrogens is 1. The van der Waals surface area contributed by atoms with Gasteiger partial charge in [0.15, 0.2) is 6.10 Å². The molecule has 0 fully saturated rings. The number of rotatable bonds is 3. The smallest absolute Gasteiger partial charge is 0.337 e. The Morgan fingerprint density at radius 2 is 2.20 bits per heavy atom. The van der Waals surface area contributed by atoms with E-state index >= 15 is 0 Å². The number of hydrogen-bond donors (Lipinski definition) is 2. The molecule has 0 spiro atoms.